The highest BCUT2D eigenvalue weighted by atomic mass is 32.1. The first-order chi connectivity index (χ1) is 6.88. The van der Waals surface area contributed by atoms with Gasteiger partial charge in [-0.05, 0) is 43.2 Å². The van der Waals surface area contributed by atoms with Crippen LogP contribution in [0.15, 0.2) is 16.8 Å². The van der Waals surface area contributed by atoms with E-state index in [1.54, 1.807) is 32.1 Å². The summed E-state index contributed by atoms with van der Waals surface area (Å²) < 4.78 is 5.06. The van der Waals surface area contributed by atoms with Gasteiger partial charge in [0.05, 0.1) is 0 Å². The van der Waals surface area contributed by atoms with Crippen LogP contribution in [-0.2, 0) is 16.0 Å². The number of carbonyl (C=O) groups is 1. The van der Waals surface area contributed by atoms with E-state index >= 15 is 0 Å². The topological polar surface area (TPSA) is 46.5 Å². The first kappa shape index (κ1) is 12.2. The summed E-state index contributed by atoms with van der Waals surface area (Å²) in [6.45, 7) is 5.34. The molecule has 1 aromatic rings. The highest BCUT2D eigenvalue weighted by Gasteiger charge is 2.23. The quantitative estimate of drug-likeness (QED) is 0.805. The number of hydrogen-bond acceptors (Lipinski definition) is 4. The van der Waals surface area contributed by atoms with Crippen LogP contribution in [0.2, 0.25) is 0 Å². The molecule has 3 nitrogen and oxygen atoms in total. The smallest absolute Gasteiger partial charge is 0.335 e. The zero-order chi connectivity index (χ0) is 11.5. The van der Waals surface area contributed by atoms with Crippen LogP contribution >= 0.6 is 11.3 Å². The van der Waals surface area contributed by atoms with Crippen molar-refractivity contribution in [2.75, 3.05) is 0 Å². The van der Waals surface area contributed by atoms with Gasteiger partial charge in [0.15, 0.2) is 6.10 Å². The lowest BCUT2D eigenvalue weighted by Crippen LogP contribution is -2.32. The molecule has 0 saturated carbocycles. The highest BCUT2D eigenvalue weighted by Crippen LogP contribution is 2.12. The Labute approximate surface area is 93.7 Å². The van der Waals surface area contributed by atoms with Crippen LogP contribution in [0.4, 0.5) is 0 Å². The summed E-state index contributed by atoms with van der Waals surface area (Å²) in [5, 5.41) is 13.4. The lowest BCUT2D eigenvalue weighted by Gasteiger charge is -2.21. The number of hydrogen-bond donors (Lipinski definition) is 1. The van der Waals surface area contributed by atoms with Gasteiger partial charge >= 0.3 is 5.97 Å². The van der Waals surface area contributed by atoms with Crippen molar-refractivity contribution in [2.24, 2.45) is 0 Å². The van der Waals surface area contributed by atoms with Crippen LogP contribution in [0.25, 0.3) is 0 Å². The summed E-state index contributed by atoms with van der Waals surface area (Å²) in [6, 6.07) is 1.89. The molecule has 0 aliphatic heterocycles. The molecule has 4 heteroatoms. The normalized spacial score (nSPS) is 13.6. The number of esters is 1. The average molecular weight is 228 g/mol. The molecular formula is C11H16O3S. The molecule has 1 heterocycles. The van der Waals surface area contributed by atoms with E-state index in [2.05, 4.69) is 0 Å². The summed E-state index contributed by atoms with van der Waals surface area (Å²) in [5.74, 6) is -0.561. The van der Waals surface area contributed by atoms with Crippen LogP contribution in [0.5, 0.6) is 0 Å². The minimum Gasteiger partial charge on any atom is -0.458 e. The summed E-state index contributed by atoms with van der Waals surface area (Å²) in [6.07, 6.45) is -0.753. The molecule has 0 aliphatic carbocycles. The number of ether oxygens (including phenoxy) is 1. The second kappa shape index (κ2) is 4.77. The maximum absolute atomic E-state index is 11.4. The minimum absolute atomic E-state index is 0.318. The van der Waals surface area contributed by atoms with Gasteiger partial charge in [-0.3, -0.25) is 0 Å². The predicted molar refractivity (Wildman–Crippen MR) is 59.9 cm³/mol. The van der Waals surface area contributed by atoms with E-state index in [9.17, 15) is 9.90 Å². The van der Waals surface area contributed by atoms with E-state index in [1.165, 1.54) is 0 Å². The number of thiophene rings is 1. The monoisotopic (exact) mass is 228 g/mol. The molecule has 1 N–H and O–H groups in total. The van der Waals surface area contributed by atoms with E-state index in [4.69, 9.17) is 4.74 Å². The molecule has 1 unspecified atom stereocenters. The van der Waals surface area contributed by atoms with Crippen molar-refractivity contribution in [1.82, 2.24) is 0 Å². The van der Waals surface area contributed by atoms with Crippen molar-refractivity contribution in [1.29, 1.82) is 0 Å². The maximum Gasteiger partial charge on any atom is 0.335 e. The lowest BCUT2D eigenvalue weighted by atomic mass is 10.1. The van der Waals surface area contributed by atoms with Gasteiger partial charge in [-0.2, -0.15) is 11.3 Å². The molecule has 84 valence electrons. The first-order valence-corrected chi connectivity index (χ1v) is 5.75. The molecule has 0 spiro atoms. The minimum atomic E-state index is -1.07. The second-order valence-corrected chi connectivity index (χ2v) is 5.17. The molecule has 1 aromatic heterocycles. The average Bonchev–Trinajstić information content (AvgIpc) is 2.53. The third-order valence-corrected chi connectivity index (χ3v) is 2.42. The van der Waals surface area contributed by atoms with Gasteiger partial charge < -0.3 is 9.84 Å². The highest BCUT2D eigenvalue weighted by molar-refractivity contribution is 7.07. The summed E-state index contributed by atoms with van der Waals surface area (Å²) in [7, 11) is 0. The van der Waals surface area contributed by atoms with Gasteiger partial charge in [0.2, 0.25) is 0 Å². The van der Waals surface area contributed by atoms with E-state index in [0.717, 1.165) is 5.56 Å². The number of carbonyl (C=O) groups excluding carboxylic acids is 1. The lowest BCUT2D eigenvalue weighted by molar-refractivity contribution is -0.164. The largest absolute Gasteiger partial charge is 0.458 e. The number of aliphatic hydroxyl groups excluding tert-OH is 1. The Bertz CT molecular complexity index is 311. The van der Waals surface area contributed by atoms with Crippen molar-refractivity contribution < 1.29 is 14.6 Å². The maximum atomic E-state index is 11.4. The molecule has 1 rings (SSSR count). The Balaban J connectivity index is 2.47. The first-order valence-electron chi connectivity index (χ1n) is 4.80. The fraction of sp³-hybridized carbons (Fsp3) is 0.545. The van der Waals surface area contributed by atoms with Crippen molar-refractivity contribution >= 4 is 17.3 Å². The van der Waals surface area contributed by atoms with Crippen molar-refractivity contribution in [3.63, 3.8) is 0 Å². The second-order valence-electron chi connectivity index (χ2n) is 4.38. The van der Waals surface area contributed by atoms with E-state index < -0.39 is 17.7 Å². The molecule has 0 fully saturated rings. The zero-order valence-electron chi connectivity index (χ0n) is 9.19. The van der Waals surface area contributed by atoms with Crippen LogP contribution in [0.3, 0.4) is 0 Å². The fourth-order valence-electron chi connectivity index (χ4n) is 1.09. The van der Waals surface area contributed by atoms with Gasteiger partial charge in [0.1, 0.15) is 5.60 Å². The molecular weight excluding hydrogens is 212 g/mol. The molecule has 0 saturated heterocycles. The van der Waals surface area contributed by atoms with Gasteiger partial charge in [-0.1, -0.05) is 0 Å². The summed E-state index contributed by atoms with van der Waals surface area (Å²) in [5.41, 5.74) is 0.408. The van der Waals surface area contributed by atoms with Crippen LogP contribution in [0, 0.1) is 0 Å². The van der Waals surface area contributed by atoms with Gasteiger partial charge in [0, 0.05) is 6.42 Å². The molecule has 15 heavy (non-hydrogen) atoms. The number of rotatable bonds is 3. The number of aliphatic hydroxyl groups is 1. The Morgan fingerprint density at radius 3 is 2.73 bits per heavy atom. The van der Waals surface area contributed by atoms with E-state index in [1.807, 2.05) is 16.8 Å². The van der Waals surface area contributed by atoms with Crippen LogP contribution in [-0.4, -0.2) is 22.8 Å². The Morgan fingerprint density at radius 1 is 1.60 bits per heavy atom. The predicted octanol–water partition coefficient (Wildman–Crippen LogP) is 1.99. The van der Waals surface area contributed by atoms with Crippen molar-refractivity contribution in [3.05, 3.63) is 22.4 Å². The third kappa shape index (κ3) is 4.44. The standard InChI is InChI=1S/C11H16O3S/c1-11(2,3)14-10(13)9(12)6-8-4-5-15-7-8/h4-5,7,9,12H,6H2,1-3H3. The van der Waals surface area contributed by atoms with Crippen molar-refractivity contribution in [2.45, 2.75) is 38.9 Å². The molecule has 0 aliphatic rings. The van der Waals surface area contributed by atoms with Crippen molar-refractivity contribution in [3.8, 4) is 0 Å². The Hall–Kier alpha value is -0.870. The van der Waals surface area contributed by atoms with Crippen LogP contribution in [0.1, 0.15) is 26.3 Å². The van der Waals surface area contributed by atoms with Crippen LogP contribution < -0.4 is 0 Å². The van der Waals surface area contributed by atoms with Gasteiger partial charge in [-0.15, -0.1) is 0 Å². The SMILES string of the molecule is CC(C)(C)OC(=O)C(O)Cc1ccsc1. The fourth-order valence-corrected chi connectivity index (χ4v) is 1.77. The van der Waals surface area contributed by atoms with E-state index in [0.29, 0.717) is 6.42 Å². The molecule has 0 aromatic carbocycles. The molecule has 0 amide bonds. The molecule has 0 radical (unpaired) electrons. The zero-order valence-corrected chi connectivity index (χ0v) is 10.0. The Kier molecular flexibility index (Phi) is 3.88. The third-order valence-electron chi connectivity index (χ3n) is 1.69. The summed E-state index contributed by atoms with van der Waals surface area (Å²) in [4.78, 5) is 11.4. The van der Waals surface area contributed by atoms with Gasteiger partial charge in [0.25, 0.3) is 0 Å². The van der Waals surface area contributed by atoms with Gasteiger partial charge in [-0.25, -0.2) is 4.79 Å². The Morgan fingerprint density at radius 2 is 2.27 bits per heavy atom. The van der Waals surface area contributed by atoms with E-state index in [-0.39, 0.29) is 0 Å². The summed E-state index contributed by atoms with van der Waals surface area (Å²) >= 11 is 1.54. The molecule has 0 bridgehead atoms. The molecule has 1 atom stereocenters.